The van der Waals surface area contributed by atoms with Gasteiger partial charge in [0.2, 0.25) is 15.9 Å². The van der Waals surface area contributed by atoms with Gasteiger partial charge in [-0.3, -0.25) is 14.0 Å². The number of phosphoric ester groups is 1. The monoisotopic (exact) mass is 436 g/mol. The molecule has 160 valence electrons. The molecule has 0 radical (unpaired) electrons. The van der Waals surface area contributed by atoms with Gasteiger partial charge in [-0.2, -0.15) is 0 Å². The van der Waals surface area contributed by atoms with Crippen LogP contribution < -0.4 is 10.0 Å². The Labute approximate surface area is 166 Å². The van der Waals surface area contributed by atoms with Crippen LogP contribution >= 0.6 is 7.82 Å². The van der Waals surface area contributed by atoms with Gasteiger partial charge in [-0.25, -0.2) is 13.0 Å². The van der Waals surface area contributed by atoms with E-state index in [9.17, 15) is 17.8 Å². The smallest absolute Gasteiger partial charge is 0.347 e. The minimum atomic E-state index is -4.73. The molecule has 1 amide bonds. The highest BCUT2D eigenvalue weighted by Crippen LogP contribution is 2.37. The van der Waals surface area contributed by atoms with E-state index in [0.717, 1.165) is 31.9 Å². The van der Waals surface area contributed by atoms with Crippen LogP contribution in [-0.4, -0.2) is 37.0 Å². The molecule has 1 rings (SSSR count). The Morgan fingerprint density at radius 3 is 2.50 bits per heavy atom. The molecule has 0 saturated heterocycles. The lowest BCUT2D eigenvalue weighted by Gasteiger charge is -2.20. The van der Waals surface area contributed by atoms with Gasteiger partial charge in [-0.05, 0) is 24.1 Å². The third-order valence-electron chi connectivity index (χ3n) is 3.84. The van der Waals surface area contributed by atoms with Gasteiger partial charge in [0.05, 0.1) is 18.9 Å². The van der Waals surface area contributed by atoms with Crippen molar-refractivity contribution in [3.05, 3.63) is 29.8 Å². The van der Waals surface area contributed by atoms with Crippen LogP contribution in [0.25, 0.3) is 0 Å². The number of rotatable bonds is 13. The fourth-order valence-corrected chi connectivity index (χ4v) is 3.48. The Balaban J connectivity index is 2.83. The van der Waals surface area contributed by atoms with Gasteiger partial charge >= 0.3 is 7.82 Å². The summed E-state index contributed by atoms with van der Waals surface area (Å²) in [6.07, 6.45) is 6.21. The van der Waals surface area contributed by atoms with E-state index in [1.807, 2.05) is 0 Å². The molecule has 9 nitrogen and oxygen atoms in total. The summed E-state index contributed by atoms with van der Waals surface area (Å²) in [5, 5.41) is 2.70. The van der Waals surface area contributed by atoms with Crippen LogP contribution in [0.5, 0.6) is 0 Å². The number of unbranched alkanes of at least 4 members (excludes halogenated alkanes) is 4. The molecule has 0 saturated carbocycles. The summed E-state index contributed by atoms with van der Waals surface area (Å²) in [5.41, 5.74) is 0.733. The van der Waals surface area contributed by atoms with Gasteiger partial charge in [-0.15, -0.1) is 0 Å². The van der Waals surface area contributed by atoms with Gasteiger partial charge in [-0.1, -0.05) is 44.7 Å². The van der Waals surface area contributed by atoms with E-state index in [-0.39, 0.29) is 18.0 Å². The summed E-state index contributed by atoms with van der Waals surface area (Å²) in [6, 6.07) is 5.36. The SMILES string of the molecule is CCCCCCCC(=O)NC(COP(=O)(O)O)c1cccc(NS(C)(=O)=O)c1. The third kappa shape index (κ3) is 11.4. The second kappa shape index (κ2) is 11.5. The van der Waals surface area contributed by atoms with Gasteiger partial charge < -0.3 is 15.1 Å². The van der Waals surface area contributed by atoms with Gasteiger partial charge in [0, 0.05) is 12.1 Å². The zero-order valence-corrected chi connectivity index (χ0v) is 17.8. The number of nitrogens with one attached hydrogen (secondary N) is 2. The molecule has 1 unspecified atom stereocenters. The summed E-state index contributed by atoms with van der Waals surface area (Å²) >= 11 is 0. The molecule has 1 aromatic rings. The van der Waals surface area contributed by atoms with Crippen molar-refractivity contribution >= 4 is 29.4 Å². The first-order valence-corrected chi connectivity index (χ1v) is 12.5. The standard InChI is InChI=1S/C17H29N2O7PS/c1-3-4-5-6-7-11-17(20)18-16(13-26-27(21,22)23)14-9-8-10-15(12-14)19-28(2,24)25/h8-10,12,16,19H,3-7,11,13H2,1-2H3,(H,18,20)(H2,21,22,23). The zero-order chi connectivity index (χ0) is 21.2. The molecular formula is C17H29N2O7PS. The summed E-state index contributed by atoms with van der Waals surface area (Å²) in [5.74, 6) is -0.266. The molecule has 0 aliphatic heterocycles. The Morgan fingerprint density at radius 2 is 1.89 bits per heavy atom. The molecule has 0 aliphatic carbocycles. The fraction of sp³-hybridized carbons (Fsp3) is 0.588. The summed E-state index contributed by atoms with van der Waals surface area (Å²) in [7, 11) is -8.22. The lowest BCUT2D eigenvalue weighted by atomic mass is 10.1. The van der Waals surface area contributed by atoms with Crippen LogP contribution in [0.4, 0.5) is 5.69 Å². The van der Waals surface area contributed by atoms with E-state index in [1.54, 1.807) is 12.1 Å². The highest BCUT2D eigenvalue weighted by atomic mass is 32.2. The zero-order valence-electron chi connectivity index (χ0n) is 16.1. The van der Waals surface area contributed by atoms with Crippen molar-refractivity contribution in [1.29, 1.82) is 0 Å². The van der Waals surface area contributed by atoms with Crippen molar-refractivity contribution in [3.8, 4) is 0 Å². The van der Waals surface area contributed by atoms with Gasteiger partial charge in [0.1, 0.15) is 0 Å². The number of carbonyl (C=O) groups is 1. The molecule has 1 aromatic carbocycles. The highest BCUT2D eigenvalue weighted by molar-refractivity contribution is 7.92. The summed E-state index contributed by atoms with van der Waals surface area (Å²) in [6.45, 7) is 1.65. The predicted octanol–water partition coefficient (Wildman–Crippen LogP) is 2.69. The van der Waals surface area contributed by atoms with E-state index < -0.39 is 30.5 Å². The first kappa shape index (κ1) is 24.6. The van der Waals surface area contributed by atoms with Crippen LogP contribution in [0.15, 0.2) is 24.3 Å². The Bertz CT molecular complexity index is 779. The number of hydrogen-bond acceptors (Lipinski definition) is 5. The Morgan fingerprint density at radius 1 is 1.21 bits per heavy atom. The van der Waals surface area contributed by atoms with Crippen molar-refractivity contribution in [1.82, 2.24) is 5.32 Å². The minimum Gasteiger partial charge on any atom is -0.347 e. The molecule has 0 heterocycles. The van der Waals surface area contributed by atoms with Crippen LogP contribution in [0, 0.1) is 0 Å². The normalized spacial score (nSPS) is 13.1. The van der Waals surface area contributed by atoms with Crippen LogP contribution in [0.1, 0.15) is 57.1 Å². The van der Waals surface area contributed by atoms with E-state index in [4.69, 9.17) is 9.79 Å². The predicted molar refractivity (Wildman–Crippen MR) is 107 cm³/mol. The maximum Gasteiger partial charge on any atom is 0.469 e. The van der Waals surface area contributed by atoms with E-state index in [1.165, 1.54) is 12.1 Å². The molecule has 0 bridgehead atoms. The van der Waals surface area contributed by atoms with Crippen LogP contribution in [0.3, 0.4) is 0 Å². The average Bonchev–Trinajstić information content (AvgIpc) is 2.56. The number of sulfonamides is 1. The minimum absolute atomic E-state index is 0.266. The van der Waals surface area contributed by atoms with Crippen molar-refractivity contribution in [3.63, 3.8) is 0 Å². The Hall–Kier alpha value is -1.45. The summed E-state index contributed by atoms with van der Waals surface area (Å²) in [4.78, 5) is 30.2. The Kier molecular flexibility index (Phi) is 10.1. The second-order valence-corrected chi connectivity index (χ2v) is 9.56. The van der Waals surface area contributed by atoms with E-state index in [0.29, 0.717) is 12.0 Å². The first-order valence-electron chi connectivity index (χ1n) is 9.07. The van der Waals surface area contributed by atoms with Crippen molar-refractivity contribution in [2.75, 3.05) is 17.6 Å². The highest BCUT2D eigenvalue weighted by Gasteiger charge is 2.21. The molecule has 28 heavy (non-hydrogen) atoms. The van der Waals surface area contributed by atoms with E-state index >= 15 is 0 Å². The molecule has 1 atom stereocenters. The number of anilines is 1. The average molecular weight is 436 g/mol. The lowest BCUT2D eigenvalue weighted by Crippen LogP contribution is -2.31. The maximum absolute atomic E-state index is 12.2. The topological polar surface area (TPSA) is 142 Å². The fourth-order valence-electron chi connectivity index (χ4n) is 2.58. The second-order valence-electron chi connectivity index (χ2n) is 6.57. The molecule has 0 aliphatic rings. The van der Waals surface area contributed by atoms with Crippen molar-refractivity contribution < 1.29 is 32.1 Å². The van der Waals surface area contributed by atoms with Gasteiger partial charge in [0.15, 0.2) is 0 Å². The van der Waals surface area contributed by atoms with Crippen LogP contribution in [0.2, 0.25) is 0 Å². The summed E-state index contributed by atoms with van der Waals surface area (Å²) < 4.78 is 40.7. The first-order chi connectivity index (χ1) is 13.0. The lowest BCUT2D eigenvalue weighted by molar-refractivity contribution is -0.122. The van der Waals surface area contributed by atoms with Crippen molar-refractivity contribution in [2.45, 2.75) is 51.5 Å². The molecular weight excluding hydrogens is 407 g/mol. The molecule has 11 heteroatoms. The maximum atomic E-state index is 12.2. The molecule has 4 N–H and O–H groups in total. The number of carbonyl (C=O) groups excluding carboxylic acids is 1. The molecule has 0 fully saturated rings. The third-order valence-corrected chi connectivity index (χ3v) is 4.94. The van der Waals surface area contributed by atoms with Crippen molar-refractivity contribution in [2.24, 2.45) is 0 Å². The van der Waals surface area contributed by atoms with Crippen LogP contribution in [-0.2, 0) is 23.9 Å². The number of phosphoric acid groups is 1. The van der Waals surface area contributed by atoms with E-state index in [2.05, 4.69) is 21.5 Å². The quantitative estimate of drug-likeness (QED) is 0.275. The number of hydrogen-bond donors (Lipinski definition) is 4. The largest absolute Gasteiger partial charge is 0.469 e. The van der Waals surface area contributed by atoms with Gasteiger partial charge in [0.25, 0.3) is 0 Å². The molecule has 0 aromatic heterocycles. The molecule has 0 spiro atoms. The number of amides is 1. The number of benzene rings is 1.